The van der Waals surface area contributed by atoms with Crippen molar-refractivity contribution in [3.05, 3.63) is 35.5 Å². The number of rotatable bonds is 14. The summed E-state index contributed by atoms with van der Waals surface area (Å²) in [6.45, 7) is 21.3. The maximum absolute atomic E-state index is 13.4. The van der Waals surface area contributed by atoms with Crippen LogP contribution in [0.3, 0.4) is 0 Å². The van der Waals surface area contributed by atoms with Gasteiger partial charge in [0.15, 0.2) is 6.10 Å². The molecule has 1 heterocycles. The van der Waals surface area contributed by atoms with Crippen LogP contribution in [0.25, 0.3) is 0 Å². The van der Waals surface area contributed by atoms with E-state index in [0.29, 0.717) is 24.0 Å². The fourth-order valence-electron chi connectivity index (χ4n) is 7.02. The van der Waals surface area contributed by atoms with Crippen molar-refractivity contribution in [2.45, 2.75) is 131 Å². The summed E-state index contributed by atoms with van der Waals surface area (Å²) in [6.07, 6.45) is -2.75. The Labute approximate surface area is 289 Å². The maximum atomic E-state index is 13.4. The smallest absolute Gasteiger partial charge is 0.333 e. The molecule has 3 rings (SSSR count). The number of allylic oxidation sites excluding steroid dienone is 2. The van der Waals surface area contributed by atoms with Crippen molar-refractivity contribution in [3.63, 3.8) is 0 Å². The predicted molar refractivity (Wildman–Crippen MR) is 177 cm³/mol. The van der Waals surface area contributed by atoms with E-state index in [1.54, 1.807) is 40.7 Å². The van der Waals surface area contributed by atoms with Gasteiger partial charge in [-0.05, 0) is 65.9 Å². The molecule has 0 amide bonds. The highest BCUT2D eigenvalue weighted by atomic mass is 16.6. The molecule has 0 radical (unpaired) electrons. The number of epoxide rings is 1. The molecular formula is C37H54O12. The van der Waals surface area contributed by atoms with Crippen LogP contribution in [0, 0.1) is 29.6 Å². The highest BCUT2D eigenvalue weighted by Gasteiger charge is 2.71. The summed E-state index contributed by atoms with van der Waals surface area (Å²) >= 11 is 0. The fourth-order valence-corrected chi connectivity index (χ4v) is 7.02. The van der Waals surface area contributed by atoms with E-state index >= 15 is 0 Å². The number of esters is 5. The van der Waals surface area contributed by atoms with Crippen molar-refractivity contribution >= 4 is 29.8 Å². The summed E-state index contributed by atoms with van der Waals surface area (Å²) in [7, 11) is 0. The van der Waals surface area contributed by atoms with Crippen molar-refractivity contribution in [1.29, 1.82) is 0 Å². The molecule has 0 unspecified atom stereocenters. The van der Waals surface area contributed by atoms with Crippen LogP contribution in [0.1, 0.15) is 88.5 Å². The Morgan fingerprint density at radius 1 is 1.00 bits per heavy atom. The fraction of sp³-hybridized carbons (Fsp3) is 0.703. The molecule has 12 nitrogen and oxygen atoms in total. The molecule has 2 saturated carbocycles. The minimum atomic E-state index is -1.20. The van der Waals surface area contributed by atoms with Gasteiger partial charge in [0, 0.05) is 36.3 Å². The average Bonchev–Trinajstić information content (AvgIpc) is 3.69. The van der Waals surface area contributed by atoms with Crippen LogP contribution >= 0.6 is 0 Å². The average molecular weight is 691 g/mol. The van der Waals surface area contributed by atoms with Gasteiger partial charge in [-0.3, -0.25) is 14.4 Å². The van der Waals surface area contributed by atoms with Gasteiger partial charge in [-0.25, -0.2) is 9.59 Å². The lowest BCUT2D eigenvalue weighted by Gasteiger charge is -2.48. The molecule has 3 aliphatic rings. The molecule has 0 aromatic carbocycles. The molecule has 1 aliphatic heterocycles. The van der Waals surface area contributed by atoms with E-state index < -0.39 is 102 Å². The second-order valence-corrected chi connectivity index (χ2v) is 14.0. The standard InChI is InChI=1S/C37H54O12/c1-12-18(4)15-25(40)47-31-22(8)27-29(30(37(11)17-44-37)34(31)49-36(43)20(6)14-3)28(23(9)45-26(41)16-21(7)38)33(46-24(10)39)32(27)48-35(42)19(5)13-2/h14-15,19,21,23,27-34,38H,8,12-13,16-17H2,1-7,9-11H3/b18-15+,20-14-/t19-,21+,23+,27-,28+,29-,30-,31-,32-,33+,34+,37+/m0/s1. The summed E-state index contributed by atoms with van der Waals surface area (Å²) in [6, 6.07) is 0. The quantitative estimate of drug-likeness (QED) is 0.0890. The topological polar surface area (TPSA) is 164 Å². The van der Waals surface area contributed by atoms with E-state index in [9.17, 15) is 29.1 Å². The molecule has 12 heteroatoms. The highest BCUT2D eigenvalue weighted by molar-refractivity contribution is 5.88. The van der Waals surface area contributed by atoms with Crippen LogP contribution in [0.4, 0.5) is 0 Å². The van der Waals surface area contributed by atoms with Gasteiger partial charge in [0.25, 0.3) is 0 Å². The molecule has 274 valence electrons. The first-order chi connectivity index (χ1) is 22.9. The van der Waals surface area contributed by atoms with Gasteiger partial charge in [-0.15, -0.1) is 0 Å². The first kappa shape index (κ1) is 39.9. The van der Waals surface area contributed by atoms with E-state index in [4.69, 9.17) is 28.4 Å². The molecule has 0 bridgehead atoms. The zero-order valence-corrected chi connectivity index (χ0v) is 30.5. The zero-order valence-electron chi connectivity index (χ0n) is 30.5. The Hall–Kier alpha value is -3.51. The minimum absolute atomic E-state index is 0.262. The van der Waals surface area contributed by atoms with Crippen molar-refractivity contribution in [1.82, 2.24) is 0 Å². The first-order valence-corrected chi connectivity index (χ1v) is 17.2. The van der Waals surface area contributed by atoms with Crippen LogP contribution < -0.4 is 0 Å². The lowest BCUT2D eigenvalue weighted by molar-refractivity contribution is -0.180. The Kier molecular flexibility index (Phi) is 13.4. The lowest BCUT2D eigenvalue weighted by atomic mass is 9.61. The Bertz CT molecular complexity index is 1340. The van der Waals surface area contributed by atoms with E-state index in [0.717, 1.165) is 5.57 Å². The molecule has 2 aliphatic carbocycles. The number of carbonyl (C=O) groups excluding carboxylic acids is 5. The number of aliphatic hydroxyl groups is 1. The van der Waals surface area contributed by atoms with Gasteiger partial charge in [0.1, 0.15) is 24.4 Å². The number of aliphatic hydroxyl groups excluding tert-OH is 1. The molecule has 0 aromatic rings. The SMILES string of the molecule is C=C1[C@@H]2[C@H](OC(=O)[C@@H](C)CC)[C@H](OC(C)=O)[C@H]([C@@H](C)OC(=O)C[C@@H](C)O)[C@H]2[C@H]([C@@]2(C)CO2)[C@@H](OC(=O)/C(C)=C\C)[C@H]1OC(=O)/C=C(\C)CC. The van der Waals surface area contributed by atoms with Gasteiger partial charge >= 0.3 is 29.8 Å². The second-order valence-electron chi connectivity index (χ2n) is 14.0. The maximum Gasteiger partial charge on any atom is 0.333 e. The molecule has 1 saturated heterocycles. The van der Waals surface area contributed by atoms with Crippen LogP contribution in [-0.2, 0) is 52.4 Å². The number of hydrogen-bond acceptors (Lipinski definition) is 12. The van der Waals surface area contributed by atoms with Crippen molar-refractivity contribution < 1.29 is 57.5 Å². The monoisotopic (exact) mass is 690 g/mol. The minimum Gasteiger partial charge on any atom is -0.462 e. The molecule has 0 spiro atoms. The molecule has 12 atom stereocenters. The number of fused-ring (bicyclic) bond motifs is 1. The lowest BCUT2D eigenvalue weighted by Crippen LogP contribution is -2.58. The van der Waals surface area contributed by atoms with Gasteiger partial charge in [0.05, 0.1) is 30.7 Å². The molecule has 1 N–H and O–H groups in total. The molecule has 3 fully saturated rings. The third-order valence-corrected chi connectivity index (χ3v) is 10.1. The summed E-state index contributed by atoms with van der Waals surface area (Å²) in [5, 5.41) is 9.87. The zero-order chi connectivity index (χ0) is 37.0. The van der Waals surface area contributed by atoms with E-state index in [-0.39, 0.29) is 13.0 Å². The largest absolute Gasteiger partial charge is 0.462 e. The van der Waals surface area contributed by atoms with Crippen molar-refractivity contribution in [2.24, 2.45) is 29.6 Å². The molecule has 49 heavy (non-hydrogen) atoms. The summed E-state index contributed by atoms with van der Waals surface area (Å²) in [5.74, 6) is -6.74. The van der Waals surface area contributed by atoms with E-state index in [2.05, 4.69) is 6.58 Å². The summed E-state index contributed by atoms with van der Waals surface area (Å²) in [4.78, 5) is 65.8. The number of hydrogen-bond donors (Lipinski definition) is 1. The van der Waals surface area contributed by atoms with E-state index in [1.807, 2.05) is 20.8 Å². The van der Waals surface area contributed by atoms with Crippen molar-refractivity contribution in [3.8, 4) is 0 Å². The van der Waals surface area contributed by atoms with Gasteiger partial charge in [-0.1, -0.05) is 39.0 Å². The molecular weight excluding hydrogens is 636 g/mol. The highest BCUT2D eigenvalue weighted by Crippen LogP contribution is 2.60. The normalized spacial score (nSPS) is 33.0. The Morgan fingerprint density at radius 2 is 1.63 bits per heavy atom. The third-order valence-electron chi connectivity index (χ3n) is 10.1. The van der Waals surface area contributed by atoms with Crippen LogP contribution in [0.2, 0.25) is 0 Å². The molecule has 0 aromatic heterocycles. The Balaban J connectivity index is 2.30. The first-order valence-electron chi connectivity index (χ1n) is 17.2. The van der Waals surface area contributed by atoms with Crippen LogP contribution in [-0.4, -0.2) is 83.8 Å². The van der Waals surface area contributed by atoms with E-state index in [1.165, 1.54) is 19.9 Å². The summed E-state index contributed by atoms with van der Waals surface area (Å²) in [5.41, 5.74) is 0.458. The number of ether oxygens (including phenoxy) is 6. The third kappa shape index (κ3) is 9.19. The van der Waals surface area contributed by atoms with Gasteiger partial charge in [-0.2, -0.15) is 0 Å². The van der Waals surface area contributed by atoms with Crippen molar-refractivity contribution in [2.75, 3.05) is 6.61 Å². The second kappa shape index (κ2) is 16.5. The predicted octanol–water partition coefficient (Wildman–Crippen LogP) is 4.56. The van der Waals surface area contributed by atoms with Crippen LogP contribution in [0.5, 0.6) is 0 Å². The Morgan fingerprint density at radius 3 is 2.14 bits per heavy atom. The van der Waals surface area contributed by atoms with Gasteiger partial charge < -0.3 is 33.5 Å². The summed E-state index contributed by atoms with van der Waals surface area (Å²) < 4.78 is 36.3. The number of carbonyl (C=O) groups is 5. The van der Waals surface area contributed by atoms with Gasteiger partial charge in [0.2, 0.25) is 0 Å². The van der Waals surface area contributed by atoms with Crippen LogP contribution in [0.15, 0.2) is 35.5 Å².